The first-order valence-corrected chi connectivity index (χ1v) is 12.6. The second kappa shape index (κ2) is 9.16. The van der Waals surface area contributed by atoms with Gasteiger partial charge in [-0.3, -0.25) is 4.79 Å². The van der Waals surface area contributed by atoms with Gasteiger partial charge in [0.2, 0.25) is 5.91 Å². The molecule has 0 aromatic heterocycles. The van der Waals surface area contributed by atoms with E-state index in [0.717, 1.165) is 60.0 Å². The molecule has 0 spiro atoms. The van der Waals surface area contributed by atoms with Crippen LogP contribution in [0.15, 0.2) is 36.4 Å². The molecule has 0 unspecified atom stereocenters. The topological polar surface area (TPSA) is 49.3 Å². The van der Waals surface area contributed by atoms with E-state index in [1.807, 2.05) is 18.2 Å². The summed E-state index contributed by atoms with van der Waals surface area (Å²) in [6.07, 6.45) is 4.90. The Balaban J connectivity index is 2.18. The predicted octanol–water partition coefficient (Wildman–Crippen LogP) is 7.95. The average molecular weight is 450 g/mol. The zero-order valence-electron chi connectivity index (χ0n) is 21.9. The molecule has 0 heterocycles. The first kappa shape index (κ1) is 25.3. The maximum absolute atomic E-state index is 14.1. The number of anilines is 1. The number of aromatic hydroxyl groups is 1. The van der Waals surface area contributed by atoms with Crippen LogP contribution >= 0.6 is 0 Å². The highest BCUT2D eigenvalue weighted by atomic mass is 16.3. The Kier molecular flexibility index (Phi) is 7.03. The van der Waals surface area contributed by atoms with Crippen molar-refractivity contribution in [1.82, 2.24) is 0 Å². The van der Waals surface area contributed by atoms with Gasteiger partial charge < -0.3 is 10.4 Å². The van der Waals surface area contributed by atoms with E-state index in [4.69, 9.17) is 0 Å². The fourth-order valence-corrected chi connectivity index (χ4v) is 5.21. The molecule has 1 saturated carbocycles. The van der Waals surface area contributed by atoms with Gasteiger partial charge in [0, 0.05) is 5.69 Å². The molecule has 0 saturated heterocycles. The molecular weight excluding hydrogens is 406 g/mol. The minimum Gasteiger partial charge on any atom is -0.507 e. The molecule has 2 N–H and O–H groups in total. The highest BCUT2D eigenvalue weighted by Crippen LogP contribution is 2.47. The van der Waals surface area contributed by atoms with Gasteiger partial charge in [0.1, 0.15) is 5.75 Å². The third-order valence-corrected chi connectivity index (χ3v) is 7.25. The summed E-state index contributed by atoms with van der Waals surface area (Å²) in [5, 5.41) is 14.6. The van der Waals surface area contributed by atoms with E-state index in [9.17, 15) is 9.90 Å². The number of carbonyl (C=O) groups excluding carboxylic acids is 1. The lowest BCUT2D eigenvalue weighted by atomic mass is 9.66. The zero-order valence-corrected chi connectivity index (χ0v) is 21.9. The number of nitrogens with one attached hydrogen (secondary N) is 1. The van der Waals surface area contributed by atoms with E-state index >= 15 is 0 Å². The summed E-state index contributed by atoms with van der Waals surface area (Å²) in [4.78, 5) is 14.1. The Morgan fingerprint density at radius 1 is 0.909 bits per heavy atom. The number of rotatable bonds is 4. The lowest BCUT2D eigenvalue weighted by molar-refractivity contribution is -0.122. The molecule has 0 atom stereocenters. The Morgan fingerprint density at radius 2 is 1.42 bits per heavy atom. The Morgan fingerprint density at radius 3 is 1.91 bits per heavy atom. The van der Waals surface area contributed by atoms with Crippen molar-refractivity contribution < 1.29 is 9.90 Å². The van der Waals surface area contributed by atoms with Crippen molar-refractivity contribution in [2.75, 3.05) is 5.32 Å². The van der Waals surface area contributed by atoms with Crippen molar-refractivity contribution in [1.29, 1.82) is 0 Å². The van der Waals surface area contributed by atoms with E-state index in [0.29, 0.717) is 11.7 Å². The van der Waals surface area contributed by atoms with Gasteiger partial charge in [-0.15, -0.1) is 0 Å². The molecule has 0 bridgehead atoms. The van der Waals surface area contributed by atoms with Gasteiger partial charge in [-0.2, -0.15) is 0 Å². The number of carbonyl (C=O) groups is 1. The molecular formula is C30H43NO2. The zero-order chi connectivity index (χ0) is 24.6. The summed E-state index contributed by atoms with van der Waals surface area (Å²) < 4.78 is 0. The number of amides is 1. The van der Waals surface area contributed by atoms with E-state index in [1.165, 1.54) is 0 Å². The average Bonchev–Trinajstić information content (AvgIpc) is 2.72. The van der Waals surface area contributed by atoms with Crippen molar-refractivity contribution in [2.45, 2.75) is 110 Å². The van der Waals surface area contributed by atoms with Crippen molar-refractivity contribution >= 4 is 11.6 Å². The third-order valence-electron chi connectivity index (χ3n) is 7.25. The summed E-state index contributed by atoms with van der Waals surface area (Å²) >= 11 is 0. The molecule has 3 rings (SSSR count). The largest absolute Gasteiger partial charge is 0.507 e. The van der Waals surface area contributed by atoms with Gasteiger partial charge >= 0.3 is 0 Å². The standard InChI is InChI=1S/C30H43NO2/c1-20(2)22-14-10-11-15-25(22)31-27(33)30(16-12-9-13-17-30)21-18-23(28(3,4)5)26(32)24(19-21)29(6,7)8/h10-11,14-15,18-20,32H,9,12-13,16-17H2,1-8H3,(H,31,33). The second-order valence-corrected chi connectivity index (χ2v) is 12.3. The normalized spacial score (nSPS) is 16.6. The van der Waals surface area contributed by atoms with Crippen LogP contribution in [0.2, 0.25) is 0 Å². The van der Waals surface area contributed by atoms with Gasteiger partial charge in [0.05, 0.1) is 5.41 Å². The van der Waals surface area contributed by atoms with Crippen molar-refractivity contribution in [3.63, 3.8) is 0 Å². The molecule has 1 aliphatic carbocycles. The van der Waals surface area contributed by atoms with Gasteiger partial charge in [0.15, 0.2) is 0 Å². The van der Waals surface area contributed by atoms with Gasteiger partial charge in [-0.05, 0) is 57.9 Å². The maximum Gasteiger partial charge on any atom is 0.235 e. The molecule has 1 aliphatic rings. The summed E-state index contributed by atoms with van der Waals surface area (Å²) in [6, 6.07) is 12.4. The van der Waals surface area contributed by atoms with Crippen LogP contribution in [0.1, 0.15) is 116 Å². The minimum atomic E-state index is -0.587. The summed E-state index contributed by atoms with van der Waals surface area (Å²) in [6.45, 7) is 17.1. The Hall–Kier alpha value is -2.29. The van der Waals surface area contributed by atoms with E-state index in [2.05, 4.69) is 78.9 Å². The van der Waals surface area contributed by atoms with Crippen LogP contribution in [0.25, 0.3) is 0 Å². The number of hydrogen-bond acceptors (Lipinski definition) is 2. The fraction of sp³-hybridized carbons (Fsp3) is 0.567. The van der Waals surface area contributed by atoms with Gasteiger partial charge in [0.25, 0.3) is 0 Å². The fourth-order valence-electron chi connectivity index (χ4n) is 5.21. The third kappa shape index (κ3) is 5.13. The highest BCUT2D eigenvalue weighted by molar-refractivity contribution is 6.00. The van der Waals surface area contributed by atoms with Crippen LogP contribution < -0.4 is 5.32 Å². The molecule has 1 fully saturated rings. The predicted molar refractivity (Wildman–Crippen MR) is 139 cm³/mol. The number of para-hydroxylation sites is 1. The molecule has 3 heteroatoms. The molecule has 2 aromatic carbocycles. The van der Waals surface area contributed by atoms with E-state index < -0.39 is 5.41 Å². The first-order valence-electron chi connectivity index (χ1n) is 12.6. The number of phenols is 1. The van der Waals surface area contributed by atoms with Gasteiger partial charge in [-0.1, -0.05) is 105 Å². The minimum absolute atomic E-state index is 0.0840. The molecule has 1 amide bonds. The second-order valence-electron chi connectivity index (χ2n) is 12.3. The SMILES string of the molecule is CC(C)c1ccccc1NC(=O)C1(c2cc(C(C)(C)C)c(O)c(C(C)(C)C)c2)CCCCC1. The number of benzene rings is 2. The molecule has 2 aromatic rings. The van der Waals surface area contributed by atoms with Crippen LogP contribution in [0.3, 0.4) is 0 Å². The summed E-state index contributed by atoms with van der Waals surface area (Å²) in [5.41, 5.74) is 3.93. The van der Waals surface area contributed by atoms with Gasteiger partial charge in [-0.25, -0.2) is 0 Å². The molecule has 0 aliphatic heterocycles. The van der Waals surface area contributed by atoms with Crippen molar-refractivity contribution in [3.8, 4) is 5.75 Å². The van der Waals surface area contributed by atoms with Crippen molar-refractivity contribution in [3.05, 3.63) is 58.7 Å². The Labute approximate surface area is 201 Å². The molecule has 0 radical (unpaired) electrons. The smallest absolute Gasteiger partial charge is 0.235 e. The van der Waals surface area contributed by atoms with E-state index in [-0.39, 0.29) is 16.7 Å². The molecule has 3 nitrogen and oxygen atoms in total. The number of phenolic OH excluding ortho intramolecular Hbond substituents is 1. The van der Waals surface area contributed by atoms with Crippen LogP contribution in [-0.2, 0) is 21.0 Å². The van der Waals surface area contributed by atoms with E-state index in [1.54, 1.807) is 0 Å². The number of hydrogen-bond donors (Lipinski definition) is 2. The lowest BCUT2D eigenvalue weighted by Gasteiger charge is -2.39. The molecule has 33 heavy (non-hydrogen) atoms. The van der Waals surface area contributed by atoms with Crippen LogP contribution in [-0.4, -0.2) is 11.0 Å². The first-order chi connectivity index (χ1) is 15.3. The Bertz CT molecular complexity index is 964. The molecule has 180 valence electrons. The highest BCUT2D eigenvalue weighted by Gasteiger charge is 2.43. The summed E-state index contributed by atoms with van der Waals surface area (Å²) in [5.74, 6) is 0.786. The maximum atomic E-state index is 14.1. The monoisotopic (exact) mass is 449 g/mol. The van der Waals surface area contributed by atoms with Crippen molar-refractivity contribution in [2.24, 2.45) is 0 Å². The lowest BCUT2D eigenvalue weighted by Crippen LogP contribution is -2.42. The van der Waals surface area contributed by atoms with Crippen LogP contribution in [0.4, 0.5) is 5.69 Å². The van der Waals surface area contributed by atoms with Crippen LogP contribution in [0.5, 0.6) is 5.75 Å². The summed E-state index contributed by atoms with van der Waals surface area (Å²) in [7, 11) is 0. The van der Waals surface area contributed by atoms with Crippen LogP contribution in [0, 0.1) is 0 Å². The quantitative estimate of drug-likeness (QED) is 0.497.